The fraction of sp³-hybridized carbons (Fsp3) is 0.353. The van der Waals surface area contributed by atoms with E-state index in [9.17, 15) is 9.90 Å². The number of phenolic OH excluding ortho intramolecular Hbond substituents is 1. The maximum Gasteiger partial charge on any atom is 0.253 e. The number of ether oxygens (including phenoxy) is 1. The molecule has 21 heavy (non-hydrogen) atoms. The molecule has 1 N–H and O–H groups in total. The number of pyridine rings is 1. The lowest BCUT2D eigenvalue weighted by molar-refractivity contribution is 0.308. The van der Waals surface area contributed by atoms with E-state index in [0.717, 1.165) is 18.6 Å². The van der Waals surface area contributed by atoms with Crippen LogP contribution in [0.15, 0.2) is 41.3 Å². The first-order chi connectivity index (χ1) is 10.1. The van der Waals surface area contributed by atoms with Crippen LogP contribution in [0, 0.1) is 0 Å². The summed E-state index contributed by atoms with van der Waals surface area (Å²) in [6.45, 7) is 2.77. The molecule has 0 atom stereocenters. The van der Waals surface area contributed by atoms with Crippen molar-refractivity contribution >= 4 is 0 Å². The van der Waals surface area contributed by atoms with E-state index in [-0.39, 0.29) is 11.3 Å². The highest BCUT2D eigenvalue weighted by molar-refractivity contribution is 5.41. The van der Waals surface area contributed by atoms with Crippen molar-refractivity contribution in [2.45, 2.75) is 26.2 Å². The molecule has 1 heterocycles. The van der Waals surface area contributed by atoms with E-state index in [1.807, 2.05) is 6.07 Å². The predicted molar refractivity (Wildman–Crippen MR) is 83.0 cm³/mol. The van der Waals surface area contributed by atoms with Crippen molar-refractivity contribution in [2.75, 3.05) is 6.61 Å². The van der Waals surface area contributed by atoms with Gasteiger partial charge in [0.25, 0.3) is 5.56 Å². The number of hydrogen-bond acceptors (Lipinski definition) is 3. The van der Waals surface area contributed by atoms with Gasteiger partial charge in [-0.3, -0.25) is 4.79 Å². The largest absolute Gasteiger partial charge is 0.508 e. The Labute approximate surface area is 124 Å². The molecule has 0 saturated heterocycles. The van der Waals surface area contributed by atoms with Gasteiger partial charge in [0.05, 0.1) is 6.61 Å². The lowest BCUT2D eigenvalue weighted by atomic mass is 10.0. The molecule has 0 radical (unpaired) electrons. The molecule has 0 aliphatic carbocycles. The second kappa shape index (κ2) is 6.97. The fourth-order valence-electron chi connectivity index (χ4n) is 2.12. The summed E-state index contributed by atoms with van der Waals surface area (Å²) in [4.78, 5) is 12.0. The minimum atomic E-state index is -0.0470. The van der Waals surface area contributed by atoms with Crippen molar-refractivity contribution in [3.63, 3.8) is 0 Å². The molecule has 4 heteroatoms. The van der Waals surface area contributed by atoms with Gasteiger partial charge in [-0.1, -0.05) is 19.4 Å². The van der Waals surface area contributed by atoms with E-state index in [1.165, 1.54) is 4.57 Å². The molecule has 0 aliphatic rings. The van der Waals surface area contributed by atoms with Gasteiger partial charge < -0.3 is 14.4 Å². The Morgan fingerprint density at radius 2 is 2.05 bits per heavy atom. The van der Waals surface area contributed by atoms with Gasteiger partial charge in [-0.2, -0.15) is 0 Å². The van der Waals surface area contributed by atoms with Crippen molar-refractivity contribution in [3.05, 3.63) is 58.0 Å². The van der Waals surface area contributed by atoms with Crippen LogP contribution in [0.2, 0.25) is 0 Å². The molecule has 0 amide bonds. The highest BCUT2D eigenvalue weighted by Crippen LogP contribution is 2.25. The summed E-state index contributed by atoms with van der Waals surface area (Å²) < 4.78 is 7.17. The third kappa shape index (κ3) is 3.88. The number of rotatable bonds is 6. The molecule has 2 rings (SSSR count). The first-order valence-corrected chi connectivity index (χ1v) is 7.21. The zero-order chi connectivity index (χ0) is 15.2. The monoisotopic (exact) mass is 287 g/mol. The SMILES string of the molecule is CCCCOc1ccc(O)c(Cc2cccn(C)c2=O)c1. The predicted octanol–water partition coefficient (Wildman–Crippen LogP) is 2.86. The van der Waals surface area contributed by atoms with Crippen LogP contribution in [-0.4, -0.2) is 16.3 Å². The third-order valence-electron chi connectivity index (χ3n) is 3.40. The van der Waals surface area contributed by atoms with Crippen molar-refractivity contribution in [1.82, 2.24) is 4.57 Å². The minimum Gasteiger partial charge on any atom is -0.508 e. The highest BCUT2D eigenvalue weighted by Gasteiger charge is 2.08. The Morgan fingerprint density at radius 3 is 2.81 bits per heavy atom. The van der Waals surface area contributed by atoms with Crippen LogP contribution in [0.3, 0.4) is 0 Å². The fourth-order valence-corrected chi connectivity index (χ4v) is 2.12. The number of nitrogens with zero attached hydrogens (tertiary/aromatic N) is 1. The lowest BCUT2D eigenvalue weighted by Crippen LogP contribution is -2.20. The summed E-state index contributed by atoms with van der Waals surface area (Å²) in [5.41, 5.74) is 1.31. The average molecular weight is 287 g/mol. The highest BCUT2D eigenvalue weighted by atomic mass is 16.5. The molecule has 0 unspecified atom stereocenters. The molecule has 0 bridgehead atoms. The normalized spacial score (nSPS) is 10.6. The molecule has 1 aromatic heterocycles. The Hall–Kier alpha value is -2.23. The standard InChI is InChI=1S/C17H21NO3/c1-3-4-10-21-15-7-8-16(19)14(12-15)11-13-6-5-9-18(2)17(13)20/h5-9,12,19H,3-4,10-11H2,1-2H3. The van der Waals surface area contributed by atoms with Gasteiger partial charge in [-0.15, -0.1) is 0 Å². The van der Waals surface area contributed by atoms with Crippen molar-refractivity contribution in [1.29, 1.82) is 0 Å². The molecule has 0 saturated carbocycles. The molecule has 4 nitrogen and oxygen atoms in total. The number of aromatic hydroxyl groups is 1. The maximum atomic E-state index is 12.0. The number of unbranched alkanes of at least 4 members (excludes halogenated alkanes) is 1. The van der Waals surface area contributed by atoms with E-state index in [2.05, 4.69) is 6.92 Å². The molecule has 2 aromatic rings. The molecule has 0 fully saturated rings. The maximum absolute atomic E-state index is 12.0. The first-order valence-electron chi connectivity index (χ1n) is 7.21. The second-order valence-electron chi connectivity index (χ2n) is 5.12. The number of aryl methyl sites for hydroxylation is 1. The summed E-state index contributed by atoms with van der Waals surface area (Å²) in [5.74, 6) is 0.910. The topological polar surface area (TPSA) is 51.5 Å². The third-order valence-corrected chi connectivity index (χ3v) is 3.40. The van der Waals surface area contributed by atoms with Crippen LogP contribution in [0.25, 0.3) is 0 Å². The van der Waals surface area contributed by atoms with Gasteiger partial charge in [0, 0.05) is 30.8 Å². The van der Waals surface area contributed by atoms with Crippen molar-refractivity contribution in [2.24, 2.45) is 7.05 Å². The van der Waals surface area contributed by atoms with Gasteiger partial charge in [-0.05, 0) is 30.7 Å². The summed E-state index contributed by atoms with van der Waals surface area (Å²) >= 11 is 0. The van der Waals surface area contributed by atoms with Gasteiger partial charge in [0.15, 0.2) is 0 Å². The summed E-state index contributed by atoms with van der Waals surface area (Å²) in [7, 11) is 1.72. The van der Waals surface area contributed by atoms with E-state index >= 15 is 0 Å². The van der Waals surface area contributed by atoms with Gasteiger partial charge in [0.2, 0.25) is 0 Å². The average Bonchev–Trinajstić information content (AvgIpc) is 2.47. The van der Waals surface area contributed by atoms with E-state index < -0.39 is 0 Å². The number of aromatic nitrogens is 1. The quantitative estimate of drug-likeness (QED) is 0.831. The van der Waals surface area contributed by atoms with E-state index in [0.29, 0.717) is 24.2 Å². The zero-order valence-corrected chi connectivity index (χ0v) is 12.5. The number of hydrogen-bond donors (Lipinski definition) is 1. The van der Waals surface area contributed by atoms with Gasteiger partial charge in [-0.25, -0.2) is 0 Å². The zero-order valence-electron chi connectivity index (χ0n) is 12.5. The van der Waals surface area contributed by atoms with Crippen molar-refractivity contribution in [3.8, 4) is 11.5 Å². The summed E-state index contributed by atoms with van der Waals surface area (Å²) in [6, 6.07) is 8.78. The van der Waals surface area contributed by atoms with Gasteiger partial charge >= 0.3 is 0 Å². The molecule has 0 aliphatic heterocycles. The number of phenols is 1. The minimum absolute atomic E-state index is 0.0470. The van der Waals surface area contributed by atoms with Crippen LogP contribution in [0.5, 0.6) is 11.5 Å². The van der Waals surface area contributed by atoms with Crippen LogP contribution in [0.1, 0.15) is 30.9 Å². The molecular weight excluding hydrogens is 266 g/mol. The van der Waals surface area contributed by atoms with E-state index in [4.69, 9.17) is 4.74 Å². The van der Waals surface area contributed by atoms with Crippen LogP contribution in [-0.2, 0) is 13.5 Å². The smallest absolute Gasteiger partial charge is 0.253 e. The molecule has 112 valence electrons. The summed E-state index contributed by atoms with van der Waals surface area (Å²) in [5, 5.41) is 9.96. The second-order valence-corrected chi connectivity index (χ2v) is 5.12. The van der Waals surface area contributed by atoms with Gasteiger partial charge in [0.1, 0.15) is 11.5 Å². The molecule has 1 aromatic carbocycles. The Morgan fingerprint density at radius 1 is 1.24 bits per heavy atom. The Kier molecular flexibility index (Phi) is 5.04. The molecular formula is C17H21NO3. The molecule has 0 spiro atoms. The number of benzene rings is 1. The summed E-state index contributed by atoms with van der Waals surface area (Å²) in [6.07, 6.45) is 4.18. The van der Waals surface area contributed by atoms with Crippen LogP contribution >= 0.6 is 0 Å². The Bertz CT molecular complexity index is 661. The van der Waals surface area contributed by atoms with E-state index in [1.54, 1.807) is 37.5 Å². The van der Waals surface area contributed by atoms with Crippen LogP contribution in [0.4, 0.5) is 0 Å². The van der Waals surface area contributed by atoms with Crippen LogP contribution < -0.4 is 10.3 Å². The first kappa shape index (κ1) is 15.2. The Balaban J connectivity index is 2.21. The van der Waals surface area contributed by atoms with Crippen molar-refractivity contribution < 1.29 is 9.84 Å². The lowest BCUT2D eigenvalue weighted by Gasteiger charge is -2.10.